The maximum absolute atomic E-state index is 13.8. The summed E-state index contributed by atoms with van der Waals surface area (Å²) in [5, 5.41) is 11.5. The van der Waals surface area contributed by atoms with Gasteiger partial charge in [0.2, 0.25) is 0 Å². The van der Waals surface area contributed by atoms with Crippen LogP contribution in [0.15, 0.2) is 53.7 Å². The number of methoxy groups -OCH3 is 1. The van der Waals surface area contributed by atoms with E-state index in [1.54, 1.807) is 56.0 Å². The van der Waals surface area contributed by atoms with Gasteiger partial charge in [0.05, 0.1) is 24.5 Å². The molecule has 2 aromatic carbocycles. The molecule has 7 nitrogen and oxygen atoms in total. The van der Waals surface area contributed by atoms with E-state index < -0.39 is 17.8 Å². The van der Waals surface area contributed by atoms with Gasteiger partial charge < -0.3 is 14.6 Å². The lowest BCUT2D eigenvalue weighted by molar-refractivity contribution is 0.0933. The molecule has 156 valence electrons. The number of halogens is 1. The lowest BCUT2D eigenvalue weighted by Crippen LogP contribution is -2.29. The lowest BCUT2D eigenvalue weighted by Gasteiger charge is -2.14. The molecule has 0 fully saturated rings. The second-order valence-electron chi connectivity index (χ2n) is 6.52. The number of rotatable bonds is 8. The van der Waals surface area contributed by atoms with Crippen LogP contribution < -0.4 is 10.1 Å². The van der Waals surface area contributed by atoms with Gasteiger partial charge in [0.1, 0.15) is 11.6 Å². The minimum Gasteiger partial charge on any atom is -0.497 e. The molecule has 3 rings (SSSR count). The van der Waals surface area contributed by atoms with E-state index in [-0.39, 0.29) is 17.1 Å². The fourth-order valence-corrected chi connectivity index (χ4v) is 3.62. The van der Waals surface area contributed by atoms with Crippen LogP contribution in [-0.4, -0.2) is 39.3 Å². The number of nitrogens with zero attached hydrogens (tertiary/aromatic N) is 3. The van der Waals surface area contributed by atoms with Crippen molar-refractivity contribution < 1.29 is 18.7 Å². The van der Waals surface area contributed by atoms with Crippen LogP contribution >= 0.6 is 11.8 Å². The highest BCUT2D eigenvalue weighted by Gasteiger charge is 2.20. The minimum absolute atomic E-state index is 0.0359. The molecular weight excluding hydrogens is 407 g/mol. The molecule has 1 aromatic heterocycles. The van der Waals surface area contributed by atoms with Gasteiger partial charge in [-0.15, -0.1) is 10.2 Å². The molecular formula is C21H21FN4O3S. The second-order valence-corrected chi connectivity index (χ2v) is 7.46. The van der Waals surface area contributed by atoms with Crippen molar-refractivity contribution in [1.82, 2.24) is 20.1 Å². The van der Waals surface area contributed by atoms with E-state index in [9.17, 15) is 14.0 Å². The Hall–Kier alpha value is -3.20. The number of carbonyl (C=O) groups excluding carboxylic acids is 2. The zero-order valence-corrected chi connectivity index (χ0v) is 17.6. The first-order valence-corrected chi connectivity index (χ1v) is 10.1. The van der Waals surface area contributed by atoms with E-state index in [4.69, 9.17) is 4.74 Å². The van der Waals surface area contributed by atoms with Gasteiger partial charge in [0.15, 0.2) is 16.8 Å². The van der Waals surface area contributed by atoms with Gasteiger partial charge in [-0.1, -0.05) is 23.9 Å². The molecule has 0 aliphatic carbocycles. The number of Topliss-reactive ketones (excluding diaryl/α,β-unsaturated/α-hetero) is 1. The van der Waals surface area contributed by atoms with E-state index in [1.807, 2.05) is 0 Å². The van der Waals surface area contributed by atoms with Crippen LogP contribution in [0.2, 0.25) is 0 Å². The summed E-state index contributed by atoms with van der Waals surface area (Å²) >= 11 is 1.25. The molecule has 0 spiro atoms. The standard InChI is InChI=1S/C21H21FN4O3S/c1-13(23-20(28)16-6-4-5-7-17(16)22)19-24-25-21(26(19)2)30-12-18(27)14-8-10-15(29-3)11-9-14/h4-11,13H,12H2,1-3H3,(H,23,28)/t13-/m0/s1. The van der Waals surface area contributed by atoms with Gasteiger partial charge in [-0.05, 0) is 43.3 Å². The third kappa shape index (κ3) is 4.85. The Labute approximate surface area is 177 Å². The van der Waals surface area contributed by atoms with Crippen molar-refractivity contribution in [2.24, 2.45) is 7.05 Å². The predicted octanol–water partition coefficient (Wildman–Crippen LogP) is 3.43. The van der Waals surface area contributed by atoms with Crippen LogP contribution in [0.4, 0.5) is 4.39 Å². The molecule has 0 aliphatic rings. The molecule has 0 radical (unpaired) electrons. The van der Waals surface area contributed by atoms with Crippen LogP contribution in [0.5, 0.6) is 5.75 Å². The summed E-state index contributed by atoms with van der Waals surface area (Å²) in [7, 11) is 3.32. The predicted molar refractivity (Wildman–Crippen MR) is 111 cm³/mol. The highest BCUT2D eigenvalue weighted by Crippen LogP contribution is 2.21. The van der Waals surface area contributed by atoms with Crippen molar-refractivity contribution in [1.29, 1.82) is 0 Å². The van der Waals surface area contributed by atoms with E-state index >= 15 is 0 Å². The van der Waals surface area contributed by atoms with Gasteiger partial charge in [0, 0.05) is 12.6 Å². The van der Waals surface area contributed by atoms with Crippen LogP contribution in [0.1, 0.15) is 39.5 Å². The highest BCUT2D eigenvalue weighted by atomic mass is 32.2. The normalized spacial score (nSPS) is 11.7. The summed E-state index contributed by atoms with van der Waals surface area (Å²) in [4.78, 5) is 24.7. The largest absolute Gasteiger partial charge is 0.497 e. The number of thioether (sulfide) groups is 1. The molecule has 9 heteroatoms. The van der Waals surface area contributed by atoms with Crippen molar-refractivity contribution in [3.05, 3.63) is 71.3 Å². The Morgan fingerprint density at radius 2 is 1.87 bits per heavy atom. The third-order valence-electron chi connectivity index (χ3n) is 4.47. The third-order valence-corrected chi connectivity index (χ3v) is 5.49. The molecule has 0 saturated heterocycles. The zero-order chi connectivity index (χ0) is 21.7. The molecule has 1 amide bonds. The zero-order valence-electron chi connectivity index (χ0n) is 16.8. The van der Waals surface area contributed by atoms with E-state index in [1.165, 1.54) is 30.0 Å². The van der Waals surface area contributed by atoms with Crippen molar-refractivity contribution in [3.63, 3.8) is 0 Å². The number of benzene rings is 2. The summed E-state index contributed by atoms with van der Waals surface area (Å²) in [6, 6.07) is 12.2. The summed E-state index contributed by atoms with van der Waals surface area (Å²) in [5.41, 5.74) is 0.544. The fourth-order valence-electron chi connectivity index (χ4n) is 2.80. The summed E-state index contributed by atoms with van der Waals surface area (Å²) < 4.78 is 20.6. The number of amides is 1. The molecule has 0 aliphatic heterocycles. The monoisotopic (exact) mass is 428 g/mol. The Morgan fingerprint density at radius 3 is 2.53 bits per heavy atom. The highest BCUT2D eigenvalue weighted by molar-refractivity contribution is 7.99. The Kier molecular flexibility index (Phi) is 6.83. The Morgan fingerprint density at radius 1 is 1.17 bits per heavy atom. The van der Waals surface area contributed by atoms with Crippen LogP contribution in [0.3, 0.4) is 0 Å². The number of ketones is 1. The lowest BCUT2D eigenvalue weighted by atomic mass is 10.1. The average Bonchev–Trinajstić information content (AvgIpc) is 3.12. The summed E-state index contributed by atoms with van der Waals surface area (Å²) in [5.74, 6) is 0.200. The Balaban J connectivity index is 1.62. The molecule has 1 heterocycles. The van der Waals surface area contributed by atoms with Crippen LogP contribution in [0, 0.1) is 5.82 Å². The number of ether oxygens (including phenoxy) is 1. The Bertz CT molecular complexity index is 1050. The summed E-state index contributed by atoms with van der Waals surface area (Å²) in [6.07, 6.45) is 0. The van der Waals surface area contributed by atoms with Gasteiger partial charge in [-0.3, -0.25) is 9.59 Å². The van der Waals surface area contributed by atoms with Crippen molar-refractivity contribution in [2.75, 3.05) is 12.9 Å². The number of hydrogen-bond acceptors (Lipinski definition) is 6. The molecule has 1 N–H and O–H groups in total. The smallest absolute Gasteiger partial charge is 0.254 e. The van der Waals surface area contributed by atoms with Crippen molar-refractivity contribution in [2.45, 2.75) is 18.1 Å². The number of aromatic nitrogens is 3. The van der Waals surface area contributed by atoms with E-state index in [0.717, 1.165) is 0 Å². The van der Waals surface area contributed by atoms with E-state index in [0.29, 0.717) is 22.3 Å². The SMILES string of the molecule is COc1ccc(C(=O)CSc2nnc([C@H](C)NC(=O)c3ccccc3F)n2C)cc1. The fraction of sp³-hybridized carbons (Fsp3) is 0.238. The molecule has 0 bridgehead atoms. The van der Waals surface area contributed by atoms with Crippen LogP contribution in [-0.2, 0) is 7.05 Å². The summed E-state index contributed by atoms with van der Waals surface area (Å²) in [6.45, 7) is 1.74. The van der Waals surface area contributed by atoms with E-state index in [2.05, 4.69) is 15.5 Å². The van der Waals surface area contributed by atoms with Gasteiger partial charge in [0.25, 0.3) is 5.91 Å². The first kappa shape index (κ1) is 21.5. The maximum atomic E-state index is 13.8. The molecule has 1 atom stereocenters. The molecule has 0 saturated carbocycles. The van der Waals surface area contributed by atoms with Gasteiger partial charge in [-0.2, -0.15) is 0 Å². The first-order chi connectivity index (χ1) is 14.4. The topological polar surface area (TPSA) is 86.1 Å². The maximum Gasteiger partial charge on any atom is 0.254 e. The minimum atomic E-state index is -0.589. The first-order valence-electron chi connectivity index (χ1n) is 9.15. The number of nitrogens with one attached hydrogen (secondary N) is 1. The average molecular weight is 428 g/mol. The van der Waals surface area contributed by atoms with Crippen molar-refractivity contribution >= 4 is 23.5 Å². The molecule has 30 heavy (non-hydrogen) atoms. The number of carbonyl (C=O) groups is 2. The van der Waals surface area contributed by atoms with Crippen LogP contribution in [0.25, 0.3) is 0 Å². The quantitative estimate of drug-likeness (QED) is 0.437. The molecule has 0 unspecified atom stereocenters. The number of hydrogen-bond donors (Lipinski definition) is 1. The van der Waals surface area contributed by atoms with Crippen molar-refractivity contribution in [3.8, 4) is 5.75 Å². The van der Waals surface area contributed by atoms with Gasteiger partial charge in [-0.25, -0.2) is 4.39 Å². The van der Waals surface area contributed by atoms with Gasteiger partial charge >= 0.3 is 0 Å². The molecule has 3 aromatic rings. The second kappa shape index (κ2) is 9.53.